The van der Waals surface area contributed by atoms with Crippen LogP contribution >= 0.6 is 0 Å². The fraction of sp³-hybridized carbons (Fsp3) is 0.542. The first-order valence-corrected chi connectivity index (χ1v) is 11.5. The number of ether oxygens (including phenoxy) is 2. The normalized spacial score (nSPS) is 22.2. The van der Waals surface area contributed by atoms with Gasteiger partial charge in [0.25, 0.3) is 0 Å². The van der Waals surface area contributed by atoms with Crippen LogP contribution in [0.1, 0.15) is 70.2 Å². The Kier molecular flexibility index (Phi) is 5.41. The van der Waals surface area contributed by atoms with E-state index in [1.165, 1.54) is 11.1 Å². The van der Waals surface area contributed by atoms with Crippen molar-refractivity contribution in [1.29, 1.82) is 0 Å². The molecule has 32 heavy (non-hydrogen) atoms. The molecule has 0 aromatic carbocycles. The number of pyridine rings is 1. The van der Waals surface area contributed by atoms with E-state index in [1.54, 1.807) is 0 Å². The monoisotopic (exact) mass is 437 g/mol. The molecule has 3 aromatic heterocycles. The quantitative estimate of drug-likeness (QED) is 0.546. The zero-order valence-corrected chi connectivity index (χ0v) is 19.0. The second-order valence-corrected chi connectivity index (χ2v) is 9.82. The number of nitrogens with one attached hydrogen (secondary N) is 3. The first-order chi connectivity index (χ1) is 15.4. The third-order valence-electron chi connectivity index (χ3n) is 6.31. The van der Waals surface area contributed by atoms with Gasteiger partial charge in [0.2, 0.25) is 0 Å². The summed E-state index contributed by atoms with van der Waals surface area (Å²) in [5.74, 6) is 1.36. The zero-order valence-electron chi connectivity index (χ0n) is 19.0. The Morgan fingerprint density at radius 1 is 1.25 bits per heavy atom. The highest BCUT2D eigenvalue weighted by Gasteiger charge is 2.28. The first kappa shape index (κ1) is 21.0. The van der Waals surface area contributed by atoms with Crippen molar-refractivity contribution in [1.82, 2.24) is 25.3 Å². The SMILES string of the molecule is CC(C)(C)OC(=O)NC1CCC(c2nc3c(cnc4[nH]cc(C5=CCOCC5)c43)[nH]2)CC1. The summed E-state index contributed by atoms with van der Waals surface area (Å²) >= 11 is 0. The number of H-pyrrole nitrogens is 2. The van der Waals surface area contributed by atoms with Gasteiger partial charge in [-0.1, -0.05) is 6.08 Å². The van der Waals surface area contributed by atoms with E-state index < -0.39 is 5.60 Å². The third-order valence-corrected chi connectivity index (χ3v) is 6.31. The number of hydrogen-bond acceptors (Lipinski definition) is 5. The maximum Gasteiger partial charge on any atom is 0.407 e. The third kappa shape index (κ3) is 4.24. The molecule has 8 nitrogen and oxygen atoms in total. The Morgan fingerprint density at radius 3 is 2.78 bits per heavy atom. The molecule has 1 aliphatic carbocycles. The van der Waals surface area contributed by atoms with Crippen LogP contribution in [0.3, 0.4) is 0 Å². The molecule has 1 saturated carbocycles. The zero-order chi connectivity index (χ0) is 22.3. The van der Waals surface area contributed by atoms with Crippen LogP contribution in [0.15, 0.2) is 18.5 Å². The number of alkyl carbamates (subject to hydrolysis) is 1. The van der Waals surface area contributed by atoms with Gasteiger partial charge in [-0.15, -0.1) is 0 Å². The maximum atomic E-state index is 12.1. The average Bonchev–Trinajstić information content (AvgIpc) is 3.37. The number of aromatic amines is 2. The van der Waals surface area contributed by atoms with E-state index in [1.807, 2.05) is 33.2 Å². The Balaban J connectivity index is 1.34. The molecule has 0 spiro atoms. The van der Waals surface area contributed by atoms with Crippen molar-refractivity contribution < 1.29 is 14.3 Å². The number of aromatic nitrogens is 4. The van der Waals surface area contributed by atoms with Crippen molar-refractivity contribution in [3.8, 4) is 0 Å². The summed E-state index contributed by atoms with van der Waals surface area (Å²) in [7, 11) is 0. The molecule has 2 aliphatic rings. The van der Waals surface area contributed by atoms with Gasteiger partial charge in [0.1, 0.15) is 22.6 Å². The highest BCUT2D eigenvalue weighted by atomic mass is 16.6. The lowest BCUT2D eigenvalue weighted by Crippen LogP contribution is -2.40. The van der Waals surface area contributed by atoms with Gasteiger partial charge in [0, 0.05) is 23.7 Å². The lowest BCUT2D eigenvalue weighted by atomic mass is 9.85. The molecule has 0 radical (unpaired) electrons. The van der Waals surface area contributed by atoms with E-state index >= 15 is 0 Å². The molecule has 1 fully saturated rings. The van der Waals surface area contributed by atoms with Crippen LogP contribution in [0.25, 0.3) is 27.6 Å². The van der Waals surface area contributed by atoms with Gasteiger partial charge in [-0.05, 0) is 58.4 Å². The fourth-order valence-electron chi connectivity index (χ4n) is 4.78. The largest absolute Gasteiger partial charge is 0.444 e. The van der Waals surface area contributed by atoms with Crippen molar-refractivity contribution in [3.05, 3.63) is 29.9 Å². The standard InChI is InChI=1S/C24H31N5O3/c1-24(2,3)32-23(30)27-16-6-4-15(5-7-16)21-28-18-13-26-22-19(20(18)29-21)17(12-25-22)14-8-10-31-11-9-14/h8,12-13,15-16H,4-7,9-11H2,1-3H3,(H,25,26)(H,27,30)(H,28,29). The number of hydrogen-bond donors (Lipinski definition) is 3. The van der Waals surface area contributed by atoms with Crippen LogP contribution in [0.5, 0.6) is 0 Å². The summed E-state index contributed by atoms with van der Waals surface area (Å²) in [6.07, 6.45) is 10.4. The van der Waals surface area contributed by atoms with Gasteiger partial charge in [-0.2, -0.15) is 0 Å². The molecule has 8 heteroatoms. The van der Waals surface area contributed by atoms with Crippen LogP contribution in [-0.2, 0) is 9.47 Å². The van der Waals surface area contributed by atoms with Gasteiger partial charge in [0.05, 0.1) is 30.3 Å². The van der Waals surface area contributed by atoms with Crippen LogP contribution in [-0.4, -0.2) is 50.9 Å². The molecular weight excluding hydrogens is 406 g/mol. The lowest BCUT2D eigenvalue weighted by molar-refractivity contribution is 0.0491. The Morgan fingerprint density at radius 2 is 2.06 bits per heavy atom. The van der Waals surface area contributed by atoms with Crippen molar-refractivity contribution in [2.75, 3.05) is 13.2 Å². The minimum atomic E-state index is -0.479. The highest BCUT2D eigenvalue weighted by Crippen LogP contribution is 2.36. The van der Waals surface area contributed by atoms with Crippen LogP contribution in [0.2, 0.25) is 0 Å². The molecule has 4 heterocycles. The summed E-state index contributed by atoms with van der Waals surface area (Å²) in [5.41, 5.74) is 4.79. The number of amides is 1. The number of nitrogens with zero attached hydrogens (tertiary/aromatic N) is 2. The van der Waals surface area contributed by atoms with Crippen molar-refractivity contribution >= 4 is 33.7 Å². The second-order valence-electron chi connectivity index (χ2n) is 9.82. The maximum absolute atomic E-state index is 12.1. The van der Waals surface area contributed by atoms with Gasteiger partial charge < -0.3 is 24.8 Å². The minimum Gasteiger partial charge on any atom is -0.444 e. The highest BCUT2D eigenvalue weighted by molar-refractivity contribution is 6.07. The fourth-order valence-corrected chi connectivity index (χ4v) is 4.78. The molecule has 0 unspecified atom stereocenters. The Labute approximate surface area is 187 Å². The molecule has 170 valence electrons. The van der Waals surface area contributed by atoms with E-state index in [0.717, 1.165) is 66.6 Å². The van der Waals surface area contributed by atoms with Gasteiger partial charge >= 0.3 is 6.09 Å². The number of fused-ring (bicyclic) bond motifs is 3. The van der Waals surface area contributed by atoms with Crippen LogP contribution in [0.4, 0.5) is 4.79 Å². The molecule has 0 saturated heterocycles. The van der Waals surface area contributed by atoms with Gasteiger partial charge in [0.15, 0.2) is 0 Å². The molecular formula is C24H31N5O3. The van der Waals surface area contributed by atoms with E-state index in [0.29, 0.717) is 12.5 Å². The van der Waals surface area contributed by atoms with E-state index in [9.17, 15) is 4.79 Å². The molecule has 1 amide bonds. The Bertz CT molecular complexity index is 1160. The van der Waals surface area contributed by atoms with E-state index in [-0.39, 0.29) is 12.1 Å². The molecule has 0 atom stereocenters. The summed E-state index contributed by atoms with van der Waals surface area (Å²) in [6, 6.07) is 0.149. The molecule has 5 rings (SSSR count). The average molecular weight is 438 g/mol. The predicted octanol–water partition coefficient (Wildman–Crippen LogP) is 4.79. The summed E-state index contributed by atoms with van der Waals surface area (Å²) in [4.78, 5) is 28.6. The first-order valence-electron chi connectivity index (χ1n) is 11.5. The van der Waals surface area contributed by atoms with Crippen LogP contribution < -0.4 is 5.32 Å². The topological polar surface area (TPSA) is 105 Å². The van der Waals surface area contributed by atoms with Crippen molar-refractivity contribution in [2.24, 2.45) is 0 Å². The molecule has 1 aliphatic heterocycles. The number of carbonyl (C=O) groups is 1. The molecule has 0 bridgehead atoms. The Hall–Kier alpha value is -2.87. The number of carbonyl (C=O) groups excluding carboxylic acids is 1. The molecule has 3 aromatic rings. The van der Waals surface area contributed by atoms with Crippen LogP contribution in [0, 0.1) is 0 Å². The summed E-state index contributed by atoms with van der Waals surface area (Å²) in [6.45, 7) is 7.04. The van der Waals surface area contributed by atoms with Crippen molar-refractivity contribution in [3.63, 3.8) is 0 Å². The predicted molar refractivity (Wildman–Crippen MR) is 124 cm³/mol. The second kappa shape index (κ2) is 8.24. The number of rotatable bonds is 3. The van der Waals surface area contributed by atoms with E-state index in [4.69, 9.17) is 14.5 Å². The summed E-state index contributed by atoms with van der Waals surface area (Å²) < 4.78 is 10.9. The number of imidazole rings is 1. The minimum absolute atomic E-state index is 0.149. The van der Waals surface area contributed by atoms with Crippen molar-refractivity contribution in [2.45, 2.75) is 70.4 Å². The van der Waals surface area contributed by atoms with E-state index in [2.05, 4.69) is 26.3 Å². The summed E-state index contributed by atoms with van der Waals surface area (Å²) in [5, 5.41) is 4.10. The molecule has 3 N–H and O–H groups in total. The lowest BCUT2D eigenvalue weighted by Gasteiger charge is -2.29. The smallest absolute Gasteiger partial charge is 0.407 e. The van der Waals surface area contributed by atoms with Gasteiger partial charge in [-0.3, -0.25) is 0 Å². The van der Waals surface area contributed by atoms with Gasteiger partial charge in [-0.25, -0.2) is 14.8 Å².